The second kappa shape index (κ2) is 9.83. The molecule has 0 bridgehead atoms. The molecule has 0 saturated carbocycles. The molecule has 2 aromatic heterocycles. The maximum Gasteiger partial charge on any atom is 0.322 e. The van der Waals surface area contributed by atoms with E-state index in [1.54, 1.807) is 44.4 Å². The summed E-state index contributed by atoms with van der Waals surface area (Å²) in [6.45, 7) is 5.50. The van der Waals surface area contributed by atoms with Crippen molar-refractivity contribution in [2.45, 2.75) is 44.6 Å². The molecule has 0 fully saturated rings. The van der Waals surface area contributed by atoms with Crippen LogP contribution in [0.25, 0.3) is 11.3 Å². The highest BCUT2D eigenvalue weighted by molar-refractivity contribution is 7.91. The Balaban J connectivity index is 2.09. The zero-order valence-corrected chi connectivity index (χ0v) is 20.1. The van der Waals surface area contributed by atoms with E-state index < -0.39 is 15.1 Å². The minimum absolute atomic E-state index is 0.0131. The van der Waals surface area contributed by atoms with Gasteiger partial charge in [-0.15, -0.1) is 0 Å². The van der Waals surface area contributed by atoms with Gasteiger partial charge in [-0.2, -0.15) is 9.97 Å². The third-order valence-electron chi connectivity index (χ3n) is 5.15. The second-order valence-corrected chi connectivity index (χ2v) is 10.6. The molecule has 32 heavy (non-hydrogen) atoms. The Bertz CT molecular complexity index is 1270. The fraction of sp³-hybridized carbons (Fsp3) is 0.348. The van der Waals surface area contributed by atoms with Gasteiger partial charge in [0.1, 0.15) is 0 Å². The number of sulfone groups is 1. The Morgan fingerprint density at radius 3 is 2.59 bits per heavy atom. The summed E-state index contributed by atoms with van der Waals surface area (Å²) >= 11 is 6.28. The molecular formula is C23H26ClN3O4S. The van der Waals surface area contributed by atoms with E-state index in [2.05, 4.69) is 9.97 Å². The SMILES string of the molecule is CCC[C@H](C)S(=O)(=O)Cc1cc(-c2ccc(=O)n(C)c2)nc(Oc2c(C)cccc2Cl)n1. The lowest BCUT2D eigenvalue weighted by molar-refractivity contribution is 0.438. The van der Waals surface area contributed by atoms with E-state index in [1.165, 1.54) is 10.6 Å². The van der Waals surface area contributed by atoms with Crippen LogP contribution in [-0.4, -0.2) is 28.2 Å². The van der Waals surface area contributed by atoms with Crippen molar-refractivity contribution >= 4 is 21.4 Å². The predicted octanol–water partition coefficient (Wildman–Crippen LogP) is 4.70. The van der Waals surface area contributed by atoms with Gasteiger partial charge in [-0.3, -0.25) is 4.79 Å². The maximum absolute atomic E-state index is 12.8. The molecule has 0 aliphatic rings. The van der Waals surface area contributed by atoms with E-state index in [-0.39, 0.29) is 17.3 Å². The zero-order valence-electron chi connectivity index (χ0n) is 18.5. The molecule has 0 unspecified atom stereocenters. The van der Waals surface area contributed by atoms with Crippen LogP contribution in [0.3, 0.4) is 0 Å². The number of nitrogens with zero attached hydrogens (tertiary/aromatic N) is 3. The molecule has 170 valence electrons. The molecule has 2 heterocycles. The molecule has 0 saturated heterocycles. The number of para-hydroxylation sites is 1. The van der Waals surface area contributed by atoms with Crippen molar-refractivity contribution in [3.05, 3.63) is 69.2 Å². The van der Waals surface area contributed by atoms with Crippen LogP contribution in [-0.2, 0) is 22.6 Å². The van der Waals surface area contributed by atoms with Crippen molar-refractivity contribution < 1.29 is 13.2 Å². The van der Waals surface area contributed by atoms with Gasteiger partial charge in [0.25, 0.3) is 0 Å². The van der Waals surface area contributed by atoms with Crippen LogP contribution in [0, 0.1) is 6.92 Å². The lowest BCUT2D eigenvalue weighted by Gasteiger charge is -2.14. The monoisotopic (exact) mass is 475 g/mol. The van der Waals surface area contributed by atoms with Crippen LogP contribution in [0.2, 0.25) is 5.02 Å². The Morgan fingerprint density at radius 1 is 1.19 bits per heavy atom. The van der Waals surface area contributed by atoms with E-state index in [4.69, 9.17) is 16.3 Å². The van der Waals surface area contributed by atoms with Gasteiger partial charge in [0.15, 0.2) is 15.6 Å². The van der Waals surface area contributed by atoms with Crippen LogP contribution in [0.15, 0.2) is 47.4 Å². The number of benzene rings is 1. The second-order valence-electron chi connectivity index (χ2n) is 7.79. The number of ether oxygens (including phenoxy) is 1. The molecule has 0 radical (unpaired) electrons. The maximum atomic E-state index is 12.8. The van der Waals surface area contributed by atoms with Gasteiger partial charge < -0.3 is 9.30 Å². The van der Waals surface area contributed by atoms with Gasteiger partial charge in [0, 0.05) is 24.9 Å². The van der Waals surface area contributed by atoms with Gasteiger partial charge in [-0.25, -0.2) is 8.42 Å². The Morgan fingerprint density at radius 2 is 1.94 bits per heavy atom. The highest BCUT2D eigenvalue weighted by Gasteiger charge is 2.23. The summed E-state index contributed by atoms with van der Waals surface area (Å²) in [4.78, 5) is 20.6. The first-order valence-corrected chi connectivity index (χ1v) is 12.4. The molecule has 1 aromatic carbocycles. The quantitative estimate of drug-likeness (QED) is 0.469. The molecule has 1 atom stereocenters. The summed E-state index contributed by atoms with van der Waals surface area (Å²) < 4.78 is 33.0. The minimum atomic E-state index is -3.42. The van der Waals surface area contributed by atoms with Crippen LogP contribution < -0.4 is 10.3 Å². The third kappa shape index (κ3) is 5.55. The average Bonchev–Trinajstić information content (AvgIpc) is 2.72. The fourth-order valence-electron chi connectivity index (χ4n) is 3.26. The fourth-order valence-corrected chi connectivity index (χ4v) is 4.96. The van der Waals surface area contributed by atoms with Gasteiger partial charge >= 0.3 is 6.01 Å². The Labute approximate surface area is 193 Å². The molecule has 9 heteroatoms. The average molecular weight is 476 g/mol. The van der Waals surface area contributed by atoms with Gasteiger partial charge in [0.05, 0.1) is 27.4 Å². The van der Waals surface area contributed by atoms with Crippen LogP contribution in [0.1, 0.15) is 37.9 Å². The van der Waals surface area contributed by atoms with Crippen molar-refractivity contribution in [1.29, 1.82) is 0 Å². The van der Waals surface area contributed by atoms with Crippen molar-refractivity contribution in [3.63, 3.8) is 0 Å². The van der Waals surface area contributed by atoms with E-state index in [0.29, 0.717) is 34.1 Å². The predicted molar refractivity (Wildman–Crippen MR) is 126 cm³/mol. The molecule has 7 nitrogen and oxygen atoms in total. The number of aromatic nitrogens is 3. The third-order valence-corrected chi connectivity index (χ3v) is 7.61. The lowest BCUT2D eigenvalue weighted by atomic mass is 10.2. The summed E-state index contributed by atoms with van der Waals surface area (Å²) in [6.07, 6.45) is 2.98. The summed E-state index contributed by atoms with van der Waals surface area (Å²) in [7, 11) is -1.79. The Kier molecular flexibility index (Phi) is 7.36. The first kappa shape index (κ1) is 23.9. The van der Waals surface area contributed by atoms with E-state index in [9.17, 15) is 13.2 Å². The number of rotatable bonds is 8. The van der Waals surface area contributed by atoms with Crippen molar-refractivity contribution in [3.8, 4) is 23.0 Å². The highest BCUT2D eigenvalue weighted by atomic mass is 35.5. The number of hydrogen-bond donors (Lipinski definition) is 0. The first-order chi connectivity index (χ1) is 15.1. The molecule has 0 amide bonds. The first-order valence-electron chi connectivity index (χ1n) is 10.3. The molecular weight excluding hydrogens is 450 g/mol. The summed E-state index contributed by atoms with van der Waals surface area (Å²) in [5.74, 6) is 0.160. The van der Waals surface area contributed by atoms with Crippen LogP contribution >= 0.6 is 11.6 Å². The number of aryl methyl sites for hydroxylation is 2. The van der Waals surface area contributed by atoms with Crippen LogP contribution in [0.5, 0.6) is 11.8 Å². The van der Waals surface area contributed by atoms with Gasteiger partial charge in [-0.1, -0.05) is 37.1 Å². The van der Waals surface area contributed by atoms with Gasteiger partial charge in [0.2, 0.25) is 5.56 Å². The van der Waals surface area contributed by atoms with E-state index in [0.717, 1.165) is 12.0 Å². The van der Waals surface area contributed by atoms with Crippen molar-refractivity contribution in [2.75, 3.05) is 0 Å². The number of halogens is 1. The van der Waals surface area contributed by atoms with E-state index in [1.807, 2.05) is 19.9 Å². The highest BCUT2D eigenvalue weighted by Crippen LogP contribution is 2.32. The standard InChI is InChI=1S/C23H26ClN3O4S/c1-5-7-16(3)32(29,30)14-18-12-20(17-10-11-21(28)27(4)13-17)26-23(25-18)31-22-15(2)8-6-9-19(22)24/h6,8-13,16H,5,7,14H2,1-4H3/t16-/m0/s1. The Hall–Kier alpha value is -2.71. The number of pyridine rings is 1. The molecule has 0 N–H and O–H groups in total. The van der Waals surface area contributed by atoms with Crippen molar-refractivity contribution in [2.24, 2.45) is 7.05 Å². The zero-order chi connectivity index (χ0) is 23.5. The summed E-state index contributed by atoms with van der Waals surface area (Å²) in [6, 6.07) is 10.0. The lowest BCUT2D eigenvalue weighted by Crippen LogP contribution is -2.20. The van der Waals surface area contributed by atoms with Crippen molar-refractivity contribution in [1.82, 2.24) is 14.5 Å². The molecule has 3 rings (SSSR count). The summed E-state index contributed by atoms with van der Waals surface area (Å²) in [5, 5.41) is -0.0921. The van der Waals surface area contributed by atoms with Gasteiger partial charge in [-0.05, 0) is 44.0 Å². The smallest absolute Gasteiger partial charge is 0.322 e. The molecule has 0 aliphatic carbocycles. The topological polar surface area (TPSA) is 91.2 Å². The van der Waals surface area contributed by atoms with Crippen LogP contribution in [0.4, 0.5) is 0 Å². The molecule has 3 aromatic rings. The van der Waals surface area contributed by atoms with E-state index >= 15 is 0 Å². The largest absolute Gasteiger partial charge is 0.422 e. The molecule has 0 aliphatic heterocycles. The molecule has 0 spiro atoms. The minimum Gasteiger partial charge on any atom is -0.422 e. The normalized spacial score (nSPS) is 12.5. The summed E-state index contributed by atoms with van der Waals surface area (Å²) in [5.41, 5.74) is 2.02. The number of hydrogen-bond acceptors (Lipinski definition) is 6.